The monoisotopic (exact) mass is 369 g/mol. The van der Waals surface area contributed by atoms with E-state index in [0.29, 0.717) is 5.69 Å². The van der Waals surface area contributed by atoms with Crippen LogP contribution in [0.2, 0.25) is 0 Å². The van der Waals surface area contributed by atoms with E-state index in [1.807, 2.05) is 49.7 Å². The van der Waals surface area contributed by atoms with Gasteiger partial charge in [-0.25, -0.2) is 4.68 Å². The van der Waals surface area contributed by atoms with Gasteiger partial charge >= 0.3 is 5.97 Å². The van der Waals surface area contributed by atoms with Crippen LogP contribution in [-0.2, 0) is 17.6 Å². The van der Waals surface area contributed by atoms with E-state index in [0.717, 1.165) is 42.6 Å². The van der Waals surface area contributed by atoms with E-state index < -0.39 is 5.97 Å². The number of aryl methyl sites for hydroxylation is 1. The number of benzene rings is 1. The molecule has 27 heavy (non-hydrogen) atoms. The lowest BCUT2D eigenvalue weighted by molar-refractivity contribution is -0.137. The van der Waals surface area contributed by atoms with Crippen molar-refractivity contribution in [2.24, 2.45) is 0 Å². The molecule has 1 aliphatic rings. The molecule has 0 atom stereocenters. The number of hydrogen-bond acceptors (Lipinski definition) is 3. The van der Waals surface area contributed by atoms with E-state index >= 15 is 0 Å². The number of carbonyl (C=O) groups is 2. The Morgan fingerprint density at radius 2 is 1.85 bits per heavy atom. The van der Waals surface area contributed by atoms with Gasteiger partial charge in [-0.3, -0.25) is 9.59 Å². The van der Waals surface area contributed by atoms with Gasteiger partial charge < -0.3 is 10.0 Å². The third kappa shape index (κ3) is 4.04. The first-order chi connectivity index (χ1) is 12.9. The van der Waals surface area contributed by atoms with E-state index in [2.05, 4.69) is 0 Å². The van der Waals surface area contributed by atoms with Crippen molar-refractivity contribution in [2.45, 2.75) is 58.9 Å². The van der Waals surface area contributed by atoms with Gasteiger partial charge in [0.25, 0.3) is 5.91 Å². The molecule has 1 amide bonds. The van der Waals surface area contributed by atoms with Crippen LogP contribution in [0.1, 0.15) is 60.4 Å². The zero-order valence-electron chi connectivity index (χ0n) is 16.2. The Labute approximate surface area is 159 Å². The number of fused-ring (bicyclic) bond motifs is 1. The predicted octanol–water partition coefficient (Wildman–Crippen LogP) is 3.38. The number of carboxylic acid groups (broad SMARTS) is 1. The lowest BCUT2D eigenvalue weighted by atomic mass is 9.95. The first-order valence-corrected chi connectivity index (χ1v) is 9.59. The highest BCUT2D eigenvalue weighted by Gasteiger charge is 2.29. The smallest absolute Gasteiger partial charge is 0.305 e. The van der Waals surface area contributed by atoms with Gasteiger partial charge in [0.2, 0.25) is 0 Å². The Bertz CT molecular complexity index is 837. The van der Waals surface area contributed by atoms with E-state index in [-0.39, 0.29) is 24.9 Å². The van der Waals surface area contributed by atoms with Gasteiger partial charge in [0.05, 0.1) is 12.1 Å². The van der Waals surface area contributed by atoms with Crippen molar-refractivity contribution in [3.63, 3.8) is 0 Å². The molecule has 1 aliphatic carbocycles. The highest BCUT2D eigenvalue weighted by Crippen LogP contribution is 2.28. The molecule has 1 heterocycles. The first-order valence-electron chi connectivity index (χ1n) is 9.59. The fraction of sp³-hybridized carbons (Fsp3) is 0.476. The summed E-state index contributed by atoms with van der Waals surface area (Å²) in [4.78, 5) is 25.8. The molecule has 6 heteroatoms. The van der Waals surface area contributed by atoms with Crippen molar-refractivity contribution in [1.29, 1.82) is 0 Å². The minimum Gasteiger partial charge on any atom is -0.481 e. The van der Waals surface area contributed by atoms with Crippen LogP contribution in [0.25, 0.3) is 5.69 Å². The SMILES string of the molecule is Cc1ccc(-n2nc(C(=O)N(CCC(=O)O)C(C)C)c3c2CCCC3)cc1. The third-order valence-electron chi connectivity index (χ3n) is 5.11. The van der Waals surface area contributed by atoms with Crippen molar-refractivity contribution < 1.29 is 14.7 Å². The molecule has 0 bridgehead atoms. The maximum atomic E-state index is 13.2. The average molecular weight is 369 g/mol. The topological polar surface area (TPSA) is 75.4 Å². The second-order valence-corrected chi connectivity index (χ2v) is 7.46. The lowest BCUT2D eigenvalue weighted by Gasteiger charge is -2.26. The van der Waals surface area contributed by atoms with Crippen molar-refractivity contribution >= 4 is 11.9 Å². The van der Waals surface area contributed by atoms with Gasteiger partial charge in [-0.15, -0.1) is 0 Å². The van der Waals surface area contributed by atoms with Gasteiger partial charge in [0.15, 0.2) is 5.69 Å². The van der Waals surface area contributed by atoms with E-state index in [9.17, 15) is 9.59 Å². The molecular formula is C21H27N3O3. The summed E-state index contributed by atoms with van der Waals surface area (Å²) in [6.07, 6.45) is 3.81. The number of nitrogens with zero attached hydrogens (tertiary/aromatic N) is 3. The number of hydrogen-bond donors (Lipinski definition) is 1. The molecule has 1 aromatic carbocycles. The summed E-state index contributed by atoms with van der Waals surface area (Å²) in [5, 5.41) is 13.7. The molecule has 0 saturated carbocycles. The molecule has 2 aromatic rings. The number of rotatable bonds is 6. The Morgan fingerprint density at radius 1 is 1.19 bits per heavy atom. The van der Waals surface area contributed by atoms with Crippen LogP contribution < -0.4 is 0 Å². The standard InChI is InChI=1S/C21H27N3O3/c1-14(2)23(13-12-19(25)26)21(27)20-17-6-4-5-7-18(17)24(22-20)16-10-8-15(3)9-11-16/h8-11,14H,4-7,12-13H2,1-3H3,(H,25,26). The molecule has 0 unspecified atom stereocenters. The van der Waals surface area contributed by atoms with Gasteiger partial charge in [0.1, 0.15) is 0 Å². The van der Waals surface area contributed by atoms with Gasteiger partial charge in [-0.2, -0.15) is 5.10 Å². The summed E-state index contributed by atoms with van der Waals surface area (Å²) in [6, 6.07) is 8.05. The molecule has 0 radical (unpaired) electrons. The van der Waals surface area contributed by atoms with Crippen molar-refractivity contribution in [1.82, 2.24) is 14.7 Å². The second-order valence-electron chi connectivity index (χ2n) is 7.46. The Morgan fingerprint density at radius 3 is 2.48 bits per heavy atom. The summed E-state index contributed by atoms with van der Waals surface area (Å²) in [6.45, 7) is 6.05. The summed E-state index contributed by atoms with van der Waals surface area (Å²) >= 11 is 0. The molecule has 3 rings (SSSR count). The number of carboxylic acids is 1. The third-order valence-corrected chi connectivity index (χ3v) is 5.11. The maximum Gasteiger partial charge on any atom is 0.305 e. The quantitative estimate of drug-likeness (QED) is 0.847. The summed E-state index contributed by atoms with van der Waals surface area (Å²) < 4.78 is 1.90. The Balaban J connectivity index is 2.00. The average Bonchev–Trinajstić information content (AvgIpc) is 3.01. The van der Waals surface area contributed by atoms with Crippen molar-refractivity contribution in [3.05, 3.63) is 46.8 Å². The van der Waals surface area contributed by atoms with E-state index in [1.54, 1.807) is 4.90 Å². The van der Waals surface area contributed by atoms with Crippen LogP contribution in [-0.4, -0.2) is 44.3 Å². The zero-order valence-corrected chi connectivity index (χ0v) is 16.2. The molecule has 0 fully saturated rings. The van der Waals surface area contributed by atoms with Gasteiger partial charge in [-0.1, -0.05) is 17.7 Å². The second kappa shape index (κ2) is 7.94. The minimum atomic E-state index is -0.902. The number of amides is 1. The van der Waals surface area contributed by atoms with Crippen LogP contribution in [0, 0.1) is 6.92 Å². The maximum absolute atomic E-state index is 13.2. The molecular weight excluding hydrogens is 342 g/mol. The molecule has 1 N–H and O–H groups in total. The predicted molar refractivity (Wildman–Crippen MR) is 103 cm³/mol. The zero-order chi connectivity index (χ0) is 19.6. The number of carbonyl (C=O) groups excluding carboxylic acids is 1. The minimum absolute atomic E-state index is 0.0647. The van der Waals surface area contributed by atoms with Crippen LogP contribution in [0.4, 0.5) is 0 Å². The fourth-order valence-corrected chi connectivity index (χ4v) is 3.62. The summed E-state index contributed by atoms with van der Waals surface area (Å²) in [5.74, 6) is -1.07. The van der Waals surface area contributed by atoms with Gasteiger partial charge in [-0.05, 0) is 58.6 Å². The Hall–Kier alpha value is -2.63. The normalized spacial score (nSPS) is 13.5. The lowest BCUT2D eigenvalue weighted by Crippen LogP contribution is -2.39. The highest BCUT2D eigenvalue weighted by molar-refractivity contribution is 5.94. The van der Waals surface area contributed by atoms with Crippen LogP contribution in [0.15, 0.2) is 24.3 Å². The van der Waals surface area contributed by atoms with Crippen LogP contribution in [0.5, 0.6) is 0 Å². The molecule has 1 aromatic heterocycles. The number of aliphatic carboxylic acids is 1. The van der Waals surface area contributed by atoms with Crippen LogP contribution >= 0.6 is 0 Å². The van der Waals surface area contributed by atoms with Crippen molar-refractivity contribution in [2.75, 3.05) is 6.54 Å². The molecule has 0 saturated heterocycles. The van der Waals surface area contributed by atoms with Crippen molar-refractivity contribution in [3.8, 4) is 5.69 Å². The molecule has 144 valence electrons. The van der Waals surface area contributed by atoms with E-state index in [1.165, 1.54) is 5.56 Å². The molecule has 6 nitrogen and oxygen atoms in total. The first kappa shape index (κ1) is 19.1. The molecule has 0 aliphatic heterocycles. The summed E-state index contributed by atoms with van der Waals surface area (Å²) in [7, 11) is 0. The van der Waals surface area contributed by atoms with E-state index in [4.69, 9.17) is 10.2 Å². The van der Waals surface area contributed by atoms with Gasteiger partial charge in [0, 0.05) is 23.8 Å². The Kier molecular flexibility index (Phi) is 5.63. The summed E-state index contributed by atoms with van der Waals surface area (Å²) in [5.41, 5.74) is 4.74. The fourth-order valence-electron chi connectivity index (χ4n) is 3.62. The molecule has 0 spiro atoms. The van der Waals surface area contributed by atoms with Crippen LogP contribution in [0.3, 0.4) is 0 Å². The highest BCUT2D eigenvalue weighted by atomic mass is 16.4. The largest absolute Gasteiger partial charge is 0.481 e. The number of aromatic nitrogens is 2.